The molecule has 0 aliphatic carbocycles. The molecular weight excluding hydrogens is 266 g/mol. The van der Waals surface area contributed by atoms with Gasteiger partial charge in [-0.15, -0.1) is 0 Å². The normalized spacial score (nSPS) is 11.7. The van der Waals surface area contributed by atoms with Crippen molar-refractivity contribution in [1.82, 2.24) is 0 Å². The minimum absolute atomic E-state index is 0.0266. The van der Waals surface area contributed by atoms with Crippen LogP contribution in [0.25, 0.3) is 0 Å². The number of ether oxygens (including phenoxy) is 2. The van der Waals surface area contributed by atoms with E-state index in [-0.39, 0.29) is 23.3 Å². The van der Waals surface area contributed by atoms with Crippen LogP contribution >= 0.6 is 0 Å². The third-order valence-electron chi connectivity index (χ3n) is 2.07. The Kier molecular flexibility index (Phi) is 4.85. The number of hydrogen-bond donors (Lipinski definition) is 1. The van der Waals surface area contributed by atoms with Gasteiger partial charge in [-0.05, 0) is 13.8 Å². The third kappa shape index (κ3) is 5.23. The Bertz CT molecular complexity index is 432. The molecule has 0 saturated heterocycles. The van der Waals surface area contributed by atoms with Gasteiger partial charge in [0.15, 0.2) is 11.6 Å². The van der Waals surface area contributed by atoms with Crippen LogP contribution in [-0.4, -0.2) is 18.9 Å². The van der Waals surface area contributed by atoms with E-state index in [0.29, 0.717) is 0 Å². The molecule has 0 spiro atoms. The van der Waals surface area contributed by atoms with Crippen molar-refractivity contribution in [2.75, 3.05) is 12.3 Å². The van der Waals surface area contributed by atoms with Crippen LogP contribution in [0.3, 0.4) is 0 Å². The summed E-state index contributed by atoms with van der Waals surface area (Å²) in [6.45, 7) is 2.81. The van der Waals surface area contributed by atoms with Gasteiger partial charge in [0.1, 0.15) is 5.75 Å². The predicted molar refractivity (Wildman–Crippen MR) is 62.7 cm³/mol. The topological polar surface area (TPSA) is 44.5 Å². The summed E-state index contributed by atoms with van der Waals surface area (Å²) in [4.78, 5) is 0. The first kappa shape index (κ1) is 15.4. The van der Waals surface area contributed by atoms with Gasteiger partial charge in [0.05, 0.1) is 24.8 Å². The molecule has 2 N–H and O–H groups in total. The lowest BCUT2D eigenvalue weighted by molar-refractivity contribution is -0.139. The lowest BCUT2D eigenvalue weighted by Gasteiger charge is -2.15. The Labute approximate surface area is 108 Å². The monoisotopic (exact) mass is 281 g/mol. The second-order valence-electron chi connectivity index (χ2n) is 4.20. The van der Waals surface area contributed by atoms with Crippen molar-refractivity contribution in [2.45, 2.75) is 32.5 Å². The maximum Gasteiger partial charge on any atom is 0.392 e. The predicted octanol–water partition coefficient (Wildman–Crippen LogP) is 3.53. The number of benzene rings is 1. The highest BCUT2D eigenvalue weighted by Gasteiger charge is 2.27. The molecule has 7 heteroatoms. The fourth-order valence-electron chi connectivity index (χ4n) is 1.30. The maximum absolute atomic E-state index is 13.5. The van der Waals surface area contributed by atoms with Crippen LogP contribution in [0.5, 0.6) is 11.5 Å². The molecule has 3 nitrogen and oxygen atoms in total. The average molecular weight is 281 g/mol. The van der Waals surface area contributed by atoms with Crippen molar-refractivity contribution >= 4 is 5.69 Å². The molecular formula is C12H15F4NO2. The zero-order chi connectivity index (χ0) is 14.6. The van der Waals surface area contributed by atoms with Gasteiger partial charge in [-0.3, -0.25) is 0 Å². The fourth-order valence-corrected chi connectivity index (χ4v) is 1.30. The highest BCUT2D eigenvalue weighted by molar-refractivity contribution is 5.56. The Morgan fingerprint density at radius 1 is 1.21 bits per heavy atom. The lowest BCUT2D eigenvalue weighted by atomic mass is 10.2. The molecule has 0 fully saturated rings. The van der Waals surface area contributed by atoms with Gasteiger partial charge in [-0.25, -0.2) is 4.39 Å². The van der Waals surface area contributed by atoms with E-state index in [1.807, 2.05) is 0 Å². The highest BCUT2D eigenvalue weighted by Crippen LogP contribution is 2.31. The highest BCUT2D eigenvalue weighted by atomic mass is 19.4. The van der Waals surface area contributed by atoms with Crippen molar-refractivity contribution in [1.29, 1.82) is 0 Å². The van der Waals surface area contributed by atoms with Gasteiger partial charge in [-0.1, -0.05) is 0 Å². The summed E-state index contributed by atoms with van der Waals surface area (Å²) in [6, 6.07) is 2.11. The van der Waals surface area contributed by atoms with Crippen LogP contribution in [0.15, 0.2) is 12.1 Å². The van der Waals surface area contributed by atoms with E-state index in [9.17, 15) is 17.6 Å². The third-order valence-corrected chi connectivity index (χ3v) is 2.07. The minimum Gasteiger partial charge on any atom is -0.491 e. The Balaban J connectivity index is 2.77. The summed E-state index contributed by atoms with van der Waals surface area (Å²) in [7, 11) is 0. The lowest BCUT2D eigenvalue weighted by Crippen LogP contribution is -2.14. The molecule has 0 saturated carbocycles. The fraction of sp³-hybridized carbons (Fsp3) is 0.500. The molecule has 1 aromatic carbocycles. The summed E-state index contributed by atoms with van der Waals surface area (Å²) < 4.78 is 59.5. The standard InChI is InChI=1S/C12H15F4NO2/c1-7(2)19-10-6-11(9(17)5-8(10)13)18-4-3-12(14,15)16/h5-7H,3-4,17H2,1-2H3. The zero-order valence-electron chi connectivity index (χ0n) is 10.6. The van der Waals surface area contributed by atoms with Crippen LogP contribution in [0.4, 0.5) is 23.2 Å². The smallest absolute Gasteiger partial charge is 0.392 e. The number of halogens is 4. The molecule has 0 atom stereocenters. The van der Waals surface area contributed by atoms with Crippen molar-refractivity contribution in [3.63, 3.8) is 0 Å². The van der Waals surface area contributed by atoms with Crippen LogP contribution in [0.1, 0.15) is 20.3 Å². The van der Waals surface area contributed by atoms with Crippen LogP contribution in [-0.2, 0) is 0 Å². The van der Waals surface area contributed by atoms with Gasteiger partial charge in [0, 0.05) is 12.1 Å². The van der Waals surface area contributed by atoms with Gasteiger partial charge in [0.2, 0.25) is 0 Å². The van der Waals surface area contributed by atoms with E-state index < -0.39 is 25.0 Å². The molecule has 0 bridgehead atoms. The Morgan fingerprint density at radius 2 is 1.84 bits per heavy atom. The molecule has 108 valence electrons. The van der Waals surface area contributed by atoms with E-state index in [1.54, 1.807) is 13.8 Å². The first-order valence-electron chi connectivity index (χ1n) is 5.64. The zero-order valence-corrected chi connectivity index (χ0v) is 10.6. The molecule has 0 aromatic heterocycles. The summed E-state index contributed by atoms with van der Waals surface area (Å²) in [5.41, 5.74) is 5.40. The van der Waals surface area contributed by atoms with Crippen LogP contribution in [0, 0.1) is 5.82 Å². The number of nitrogen functional groups attached to an aromatic ring is 1. The second-order valence-corrected chi connectivity index (χ2v) is 4.20. The summed E-state index contributed by atoms with van der Waals surface area (Å²) in [5.74, 6) is -0.818. The molecule has 0 aliphatic rings. The van der Waals surface area contributed by atoms with Gasteiger partial charge >= 0.3 is 6.18 Å². The quantitative estimate of drug-likeness (QED) is 0.663. The van der Waals surface area contributed by atoms with Gasteiger partial charge in [-0.2, -0.15) is 13.2 Å². The van der Waals surface area contributed by atoms with Crippen LogP contribution < -0.4 is 15.2 Å². The molecule has 0 aliphatic heterocycles. The van der Waals surface area contributed by atoms with Crippen molar-refractivity contribution in [2.24, 2.45) is 0 Å². The van der Waals surface area contributed by atoms with Crippen molar-refractivity contribution in [3.8, 4) is 11.5 Å². The first-order chi connectivity index (χ1) is 8.69. The van der Waals surface area contributed by atoms with E-state index in [2.05, 4.69) is 0 Å². The molecule has 1 rings (SSSR count). The number of rotatable bonds is 5. The summed E-state index contributed by atoms with van der Waals surface area (Å²) >= 11 is 0. The van der Waals surface area contributed by atoms with Crippen LogP contribution in [0.2, 0.25) is 0 Å². The van der Waals surface area contributed by atoms with E-state index in [4.69, 9.17) is 15.2 Å². The Hall–Kier alpha value is -1.66. The Morgan fingerprint density at radius 3 is 2.37 bits per heavy atom. The minimum atomic E-state index is -4.31. The second kappa shape index (κ2) is 5.99. The molecule has 1 aromatic rings. The molecule has 0 unspecified atom stereocenters. The van der Waals surface area contributed by atoms with E-state index in [1.165, 1.54) is 0 Å². The number of nitrogens with two attached hydrogens (primary N) is 1. The SMILES string of the molecule is CC(C)Oc1cc(OCCC(F)(F)F)c(N)cc1F. The first-order valence-corrected chi connectivity index (χ1v) is 5.64. The number of anilines is 1. The van der Waals surface area contributed by atoms with Crippen molar-refractivity contribution in [3.05, 3.63) is 17.9 Å². The van der Waals surface area contributed by atoms with E-state index >= 15 is 0 Å². The molecule has 19 heavy (non-hydrogen) atoms. The van der Waals surface area contributed by atoms with Gasteiger partial charge in [0.25, 0.3) is 0 Å². The molecule has 0 heterocycles. The maximum atomic E-state index is 13.5. The summed E-state index contributed by atoms with van der Waals surface area (Å²) in [5, 5.41) is 0. The molecule has 0 amide bonds. The molecule has 0 radical (unpaired) electrons. The number of hydrogen-bond acceptors (Lipinski definition) is 3. The van der Waals surface area contributed by atoms with E-state index in [0.717, 1.165) is 12.1 Å². The summed E-state index contributed by atoms with van der Waals surface area (Å²) in [6.07, 6.45) is -5.70. The van der Waals surface area contributed by atoms with Gasteiger partial charge < -0.3 is 15.2 Å². The number of alkyl halides is 3. The average Bonchev–Trinajstić information content (AvgIpc) is 2.22. The van der Waals surface area contributed by atoms with Crippen molar-refractivity contribution < 1.29 is 27.0 Å². The largest absolute Gasteiger partial charge is 0.491 e.